The van der Waals surface area contributed by atoms with Gasteiger partial charge >= 0.3 is 0 Å². The maximum Gasteiger partial charge on any atom is 0.290 e. The topological polar surface area (TPSA) is 62.3 Å². The van der Waals surface area contributed by atoms with Crippen LogP contribution in [0.5, 0.6) is 5.75 Å². The van der Waals surface area contributed by atoms with Gasteiger partial charge in [0.15, 0.2) is 0 Å². The zero-order valence-corrected chi connectivity index (χ0v) is 8.65. The fourth-order valence-corrected chi connectivity index (χ4v) is 1.38. The molecule has 2 rings (SSSR count). The number of methoxy groups -OCH3 is 1. The monoisotopic (exact) mass is 207 g/mol. The Morgan fingerprint density at radius 1 is 1.47 bits per heavy atom. The summed E-state index contributed by atoms with van der Waals surface area (Å²) in [5.41, 5.74) is 2.40. The average Bonchev–Trinajstić information content (AvgIpc) is 2.61. The Kier molecular flexibility index (Phi) is 3.74. The largest absolute Gasteiger partial charge is 0.497 e. The SMILES string of the molecule is COc1ccc2c(C)c[nH]c2c1.O=CO. The van der Waals surface area contributed by atoms with E-state index in [4.69, 9.17) is 14.6 Å². The van der Waals surface area contributed by atoms with Crippen LogP contribution in [0, 0.1) is 6.92 Å². The van der Waals surface area contributed by atoms with Crippen molar-refractivity contribution < 1.29 is 14.6 Å². The summed E-state index contributed by atoms with van der Waals surface area (Å²) in [6, 6.07) is 6.05. The quantitative estimate of drug-likeness (QED) is 0.704. The third-order valence-corrected chi connectivity index (χ3v) is 2.10. The van der Waals surface area contributed by atoms with Crippen LogP contribution in [0.4, 0.5) is 0 Å². The van der Waals surface area contributed by atoms with Crippen LogP contribution in [0.2, 0.25) is 0 Å². The molecule has 80 valence electrons. The summed E-state index contributed by atoms with van der Waals surface area (Å²) in [4.78, 5) is 11.5. The van der Waals surface area contributed by atoms with Crippen molar-refractivity contribution in [3.05, 3.63) is 30.0 Å². The average molecular weight is 207 g/mol. The Hall–Kier alpha value is -1.97. The van der Waals surface area contributed by atoms with E-state index in [0.717, 1.165) is 11.3 Å². The van der Waals surface area contributed by atoms with Crippen LogP contribution < -0.4 is 4.74 Å². The van der Waals surface area contributed by atoms with E-state index in [9.17, 15) is 0 Å². The molecule has 0 fully saturated rings. The first-order chi connectivity index (χ1) is 7.22. The van der Waals surface area contributed by atoms with E-state index in [1.165, 1.54) is 10.9 Å². The van der Waals surface area contributed by atoms with E-state index in [2.05, 4.69) is 18.0 Å². The first-order valence-electron chi connectivity index (χ1n) is 4.42. The van der Waals surface area contributed by atoms with E-state index in [1.54, 1.807) is 7.11 Å². The van der Waals surface area contributed by atoms with Crippen LogP contribution in [0.25, 0.3) is 10.9 Å². The molecule has 4 heteroatoms. The number of rotatable bonds is 1. The van der Waals surface area contributed by atoms with Crippen LogP contribution in [0.1, 0.15) is 5.56 Å². The number of aryl methyl sites for hydroxylation is 1. The number of benzene rings is 1. The van der Waals surface area contributed by atoms with Crippen molar-refractivity contribution >= 4 is 17.4 Å². The molecule has 0 aliphatic rings. The van der Waals surface area contributed by atoms with Crippen molar-refractivity contribution in [2.24, 2.45) is 0 Å². The summed E-state index contributed by atoms with van der Waals surface area (Å²) in [5, 5.41) is 8.15. The van der Waals surface area contributed by atoms with E-state index in [0.29, 0.717) is 0 Å². The lowest BCUT2D eigenvalue weighted by molar-refractivity contribution is -0.122. The lowest BCUT2D eigenvalue weighted by Gasteiger charge is -1.98. The number of aromatic nitrogens is 1. The van der Waals surface area contributed by atoms with Gasteiger partial charge in [-0.1, -0.05) is 0 Å². The number of fused-ring (bicyclic) bond motifs is 1. The minimum Gasteiger partial charge on any atom is -0.497 e. The normalized spacial score (nSPS) is 9.20. The van der Waals surface area contributed by atoms with E-state index >= 15 is 0 Å². The molecule has 0 radical (unpaired) electrons. The minimum absolute atomic E-state index is 0.250. The first kappa shape index (κ1) is 11.1. The number of nitrogens with one attached hydrogen (secondary N) is 1. The fraction of sp³-hybridized carbons (Fsp3) is 0.182. The molecule has 0 aliphatic heterocycles. The third kappa shape index (κ3) is 2.49. The second-order valence-electron chi connectivity index (χ2n) is 2.99. The van der Waals surface area contributed by atoms with Gasteiger partial charge in [0.2, 0.25) is 0 Å². The molecule has 0 saturated heterocycles. The van der Waals surface area contributed by atoms with Crippen LogP contribution in [-0.2, 0) is 4.79 Å². The molecule has 0 bridgehead atoms. The van der Waals surface area contributed by atoms with Gasteiger partial charge in [-0.2, -0.15) is 0 Å². The summed E-state index contributed by atoms with van der Waals surface area (Å²) in [5.74, 6) is 0.893. The number of hydrogen-bond acceptors (Lipinski definition) is 2. The van der Waals surface area contributed by atoms with Crippen LogP contribution in [-0.4, -0.2) is 23.7 Å². The van der Waals surface area contributed by atoms with E-state index < -0.39 is 0 Å². The lowest BCUT2D eigenvalue weighted by atomic mass is 10.2. The van der Waals surface area contributed by atoms with Gasteiger partial charge in [-0.15, -0.1) is 0 Å². The standard InChI is InChI=1S/C10H11NO.CH2O2/c1-7-6-11-10-5-8(12-2)3-4-9(7)10;2-1-3/h3-6,11H,1-2H3;1H,(H,2,3). The molecule has 0 atom stereocenters. The molecular formula is C11H13NO3. The Bertz CT molecular complexity index is 448. The Labute approximate surface area is 87.5 Å². The van der Waals surface area contributed by atoms with Crippen molar-refractivity contribution in [2.45, 2.75) is 6.92 Å². The van der Waals surface area contributed by atoms with E-state index in [1.807, 2.05) is 18.3 Å². The highest BCUT2D eigenvalue weighted by molar-refractivity contribution is 5.84. The highest BCUT2D eigenvalue weighted by Crippen LogP contribution is 2.21. The molecule has 2 N–H and O–H groups in total. The van der Waals surface area contributed by atoms with Crippen LogP contribution in [0.3, 0.4) is 0 Å². The van der Waals surface area contributed by atoms with Gasteiger partial charge < -0.3 is 14.8 Å². The van der Waals surface area contributed by atoms with Crippen LogP contribution >= 0.6 is 0 Å². The smallest absolute Gasteiger partial charge is 0.290 e. The number of ether oxygens (including phenoxy) is 1. The Morgan fingerprint density at radius 3 is 2.73 bits per heavy atom. The molecule has 1 aromatic heterocycles. The molecule has 2 aromatic rings. The molecule has 4 nitrogen and oxygen atoms in total. The third-order valence-electron chi connectivity index (χ3n) is 2.10. The van der Waals surface area contributed by atoms with Gasteiger partial charge in [0.05, 0.1) is 7.11 Å². The fourth-order valence-electron chi connectivity index (χ4n) is 1.38. The minimum atomic E-state index is -0.250. The second-order valence-corrected chi connectivity index (χ2v) is 2.99. The molecule has 1 aromatic carbocycles. The predicted octanol–water partition coefficient (Wildman–Crippen LogP) is 2.19. The predicted molar refractivity (Wildman–Crippen MR) is 58.3 cm³/mol. The van der Waals surface area contributed by atoms with Gasteiger partial charge in [-0.05, 0) is 24.6 Å². The molecule has 0 spiro atoms. The van der Waals surface area contributed by atoms with Crippen molar-refractivity contribution in [3.63, 3.8) is 0 Å². The van der Waals surface area contributed by atoms with Gasteiger partial charge in [0.25, 0.3) is 6.47 Å². The molecule has 0 saturated carbocycles. The van der Waals surface area contributed by atoms with Gasteiger partial charge in [-0.3, -0.25) is 4.79 Å². The van der Waals surface area contributed by atoms with Gasteiger partial charge in [0, 0.05) is 23.2 Å². The number of H-pyrrole nitrogens is 1. The van der Waals surface area contributed by atoms with Crippen molar-refractivity contribution in [1.82, 2.24) is 4.98 Å². The number of carbonyl (C=O) groups is 1. The number of carboxylic acid groups (broad SMARTS) is 1. The summed E-state index contributed by atoms with van der Waals surface area (Å²) in [7, 11) is 1.68. The summed E-state index contributed by atoms with van der Waals surface area (Å²) in [6.45, 7) is 1.84. The van der Waals surface area contributed by atoms with E-state index in [-0.39, 0.29) is 6.47 Å². The highest BCUT2D eigenvalue weighted by atomic mass is 16.5. The lowest BCUT2D eigenvalue weighted by Crippen LogP contribution is -1.81. The molecular weight excluding hydrogens is 194 g/mol. The molecule has 15 heavy (non-hydrogen) atoms. The maximum absolute atomic E-state index is 8.36. The van der Waals surface area contributed by atoms with Crippen molar-refractivity contribution in [3.8, 4) is 5.75 Å². The second kappa shape index (κ2) is 5.05. The molecule has 0 unspecified atom stereocenters. The number of aromatic amines is 1. The molecule has 0 amide bonds. The maximum atomic E-state index is 8.36. The van der Waals surface area contributed by atoms with Gasteiger partial charge in [-0.25, -0.2) is 0 Å². The summed E-state index contributed by atoms with van der Waals surface area (Å²) < 4.78 is 5.11. The molecule has 1 heterocycles. The summed E-state index contributed by atoms with van der Waals surface area (Å²) in [6.07, 6.45) is 2.00. The van der Waals surface area contributed by atoms with Crippen molar-refractivity contribution in [2.75, 3.05) is 7.11 Å². The molecule has 0 aliphatic carbocycles. The Balaban J connectivity index is 0.000000337. The van der Waals surface area contributed by atoms with Crippen LogP contribution in [0.15, 0.2) is 24.4 Å². The summed E-state index contributed by atoms with van der Waals surface area (Å²) >= 11 is 0. The highest BCUT2D eigenvalue weighted by Gasteiger charge is 1.99. The van der Waals surface area contributed by atoms with Gasteiger partial charge in [0.1, 0.15) is 5.75 Å². The Morgan fingerprint density at radius 2 is 2.13 bits per heavy atom. The number of hydrogen-bond donors (Lipinski definition) is 2. The first-order valence-corrected chi connectivity index (χ1v) is 4.42. The zero-order valence-electron chi connectivity index (χ0n) is 8.65. The van der Waals surface area contributed by atoms with Crippen molar-refractivity contribution in [1.29, 1.82) is 0 Å². The zero-order chi connectivity index (χ0) is 11.3.